The summed E-state index contributed by atoms with van der Waals surface area (Å²) in [7, 11) is 0. The van der Waals surface area contributed by atoms with Gasteiger partial charge in [-0.05, 0) is 24.6 Å². The highest BCUT2D eigenvalue weighted by atomic mass is 32.1. The predicted molar refractivity (Wildman–Crippen MR) is 62.9 cm³/mol. The molecule has 0 aliphatic heterocycles. The Labute approximate surface area is 86.8 Å². The highest BCUT2D eigenvalue weighted by Crippen LogP contribution is 2.34. The molecule has 14 heavy (non-hydrogen) atoms. The van der Waals surface area contributed by atoms with Crippen LogP contribution in [0.25, 0.3) is 20.2 Å². The van der Waals surface area contributed by atoms with Crippen LogP contribution in [0.2, 0.25) is 0 Å². The summed E-state index contributed by atoms with van der Waals surface area (Å²) in [4.78, 5) is 0. The Bertz CT molecular complexity index is 605. The van der Waals surface area contributed by atoms with Crippen molar-refractivity contribution in [2.45, 2.75) is 6.92 Å². The third kappa shape index (κ3) is 0.992. The topological polar surface area (TPSA) is 0 Å². The molecule has 0 unspecified atom stereocenters. The number of fused-ring (bicyclic) bond motifs is 3. The van der Waals surface area contributed by atoms with E-state index in [1.807, 2.05) is 17.4 Å². The van der Waals surface area contributed by atoms with Crippen LogP contribution in [0.3, 0.4) is 0 Å². The molecule has 0 aliphatic carbocycles. The lowest BCUT2D eigenvalue weighted by Gasteiger charge is -1.93. The summed E-state index contributed by atoms with van der Waals surface area (Å²) in [6.45, 7) is 2.17. The van der Waals surface area contributed by atoms with Gasteiger partial charge in [-0.15, -0.1) is 11.3 Å². The molecular formula is C13H9S. The van der Waals surface area contributed by atoms with E-state index in [-0.39, 0.29) is 0 Å². The smallest absolute Gasteiger partial charge is 0.0384 e. The van der Waals surface area contributed by atoms with Gasteiger partial charge in [0.05, 0.1) is 0 Å². The van der Waals surface area contributed by atoms with Gasteiger partial charge in [0.1, 0.15) is 0 Å². The van der Waals surface area contributed by atoms with Crippen LogP contribution in [-0.2, 0) is 0 Å². The van der Waals surface area contributed by atoms with Crippen LogP contribution < -0.4 is 0 Å². The minimum absolute atomic E-state index is 1.33. The van der Waals surface area contributed by atoms with Gasteiger partial charge >= 0.3 is 0 Å². The van der Waals surface area contributed by atoms with Crippen molar-refractivity contribution in [1.82, 2.24) is 0 Å². The van der Waals surface area contributed by atoms with Crippen LogP contribution in [-0.4, -0.2) is 0 Å². The molecule has 0 saturated heterocycles. The first-order valence-corrected chi connectivity index (χ1v) is 5.46. The van der Waals surface area contributed by atoms with Crippen molar-refractivity contribution in [2.24, 2.45) is 0 Å². The fourth-order valence-electron chi connectivity index (χ4n) is 1.83. The molecule has 2 aromatic carbocycles. The second kappa shape index (κ2) is 2.82. The molecule has 0 aliphatic rings. The van der Waals surface area contributed by atoms with Crippen LogP contribution >= 0.6 is 11.3 Å². The van der Waals surface area contributed by atoms with Crippen molar-refractivity contribution < 1.29 is 0 Å². The highest BCUT2D eigenvalue weighted by molar-refractivity contribution is 7.26. The van der Waals surface area contributed by atoms with Gasteiger partial charge in [-0.1, -0.05) is 30.3 Å². The Morgan fingerprint density at radius 3 is 3.00 bits per heavy atom. The van der Waals surface area contributed by atoms with Crippen LogP contribution in [0, 0.1) is 13.0 Å². The van der Waals surface area contributed by atoms with Crippen molar-refractivity contribution in [3.05, 3.63) is 48.0 Å². The van der Waals surface area contributed by atoms with Crippen molar-refractivity contribution in [2.75, 3.05) is 0 Å². The Morgan fingerprint density at radius 2 is 2.07 bits per heavy atom. The van der Waals surface area contributed by atoms with Crippen LogP contribution in [0.4, 0.5) is 0 Å². The SMILES string of the molecule is Cc1cccc2c1sc1c[c]ccc12. The van der Waals surface area contributed by atoms with Gasteiger partial charge in [-0.3, -0.25) is 0 Å². The fraction of sp³-hybridized carbons (Fsp3) is 0.0769. The number of hydrogen-bond donors (Lipinski definition) is 0. The van der Waals surface area contributed by atoms with E-state index in [1.165, 1.54) is 25.7 Å². The Hall–Kier alpha value is -1.34. The minimum atomic E-state index is 1.33. The molecule has 1 heteroatoms. The average molecular weight is 197 g/mol. The maximum atomic E-state index is 3.13. The Morgan fingerprint density at radius 1 is 1.14 bits per heavy atom. The monoisotopic (exact) mass is 197 g/mol. The van der Waals surface area contributed by atoms with Gasteiger partial charge in [0.25, 0.3) is 0 Å². The quantitative estimate of drug-likeness (QED) is 0.507. The molecule has 1 heterocycles. The number of hydrogen-bond acceptors (Lipinski definition) is 1. The Kier molecular flexibility index (Phi) is 1.62. The molecule has 3 rings (SSSR count). The summed E-state index contributed by atoms with van der Waals surface area (Å²) in [5.74, 6) is 0. The first-order valence-electron chi connectivity index (χ1n) is 4.64. The third-order valence-corrected chi connectivity index (χ3v) is 3.84. The van der Waals surface area contributed by atoms with Crippen LogP contribution in [0.5, 0.6) is 0 Å². The second-order valence-corrected chi connectivity index (χ2v) is 4.53. The molecule has 1 radical (unpaired) electrons. The molecule has 0 saturated carbocycles. The van der Waals surface area contributed by atoms with Gasteiger partial charge in [0, 0.05) is 20.2 Å². The molecule has 3 aromatic rings. The van der Waals surface area contributed by atoms with E-state index in [0.717, 1.165) is 0 Å². The van der Waals surface area contributed by atoms with E-state index in [4.69, 9.17) is 0 Å². The van der Waals surface area contributed by atoms with Gasteiger partial charge in [-0.2, -0.15) is 0 Å². The van der Waals surface area contributed by atoms with Crippen LogP contribution in [0.15, 0.2) is 36.4 Å². The van der Waals surface area contributed by atoms with E-state index in [2.05, 4.69) is 43.3 Å². The lowest BCUT2D eigenvalue weighted by molar-refractivity contribution is 1.56. The molecule has 0 spiro atoms. The lowest BCUT2D eigenvalue weighted by atomic mass is 10.1. The zero-order valence-corrected chi connectivity index (χ0v) is 8.69. The Balaban J connectivity index is 2.63. The largest absolute Gasteiger partial charge is 0.135 e. The maximum absolute atomic E-state index is 3.13. The molecule has 1 aromatic heterocycles. The van der Waals surface area contributed by atoms with Crippen molar-refractivity contribution in [3.8, 4) is 0 Å². The van der Waals surface area contributed by atoms with Crippen molar-refractivity contribution in [1.29, 1.82) is 0 Å². The normalized spacial score (nSPS) is 11.2. The number of aryl methyl sites for hydroxylation is 1. The highest BCUT2D eigenvalue weighted by Gasteiger charge is 2.04. The van der Waals surface area contributed by atoms with E-state index < -0.39 is 0 Å². The molecule has 0 N–H and O–H groups in total. The zero-order valence-electron chi connectivity index (χ0n) is 7.87. The molecule has 0 amide bonds. The summed E-state index contributed by atoms with van der Waals surface area (Å²) < 4.78 is 2.74. The summed E-state index contributed by atoms with van der Waals surface area (Å²) in [6.07, 6.45) is 0. The van der Waals surface area contributed by atoms with Crippen molar-refractivity contribution >= 4 is 31.5 Å². The minimum Gasteiger partial charge on any atom is -0.135 e. The predicted octanol–water partition coefficient (Wildman–Crippen LogP) is 4.16. The standard InChI is InChI=1S/C13H9S/c1-9-5-4-7-11-10-6-2-3-8-12(10)14-13(9)11/h2,4-8H,1H3. The number of benzene rings is 2. The van der Waals surface area contributed by atoms with Gasteiger partial charge < -0.3 is 0 Å². The summed E-state index contributed by atoms with van der Waals surface area (Å²) in [5, 5.41) is 2.73. The summed E-state index contributed by atoms with van der Waals surface area (Å²) in [6, 6.07) is 15.8. The van der Waals surface area contributed by atoms with Gasteiger partial charge in [0.2, 0.25) is 0 Å². The third-order valence-electron chi connectivity index (χ3n) is 2.54. The average Bonchev–Trinajstić information content (AvgIpc) is 2.59. The van der Waals surface area contributed by atoms with E-state index >= 15 is 0 Å². The van der Waals surface area contributed by atoms with E-state index in [0.29, 0.717) is 0 Å². The van der Waals surface area contributed by atoms with E-state index in [1.54, 1.807) is 0 Å². The second-order valence-electron chi connectivity index (χ2n) is 3.48. The number of thiophene rings is 1. The van der Waals surface area contributed by atoms with Gasteiger partial charge in [0.15, 0.2) is 0 Å². The molecule has 67 valence electrons. The zero-order chi connectivity index (χ0) is 9.54. The lowest BCUT2D eigenvalue weighted by Crippen LogP contribution is -1.69. The van der Waals surface area contributed by atoms with Crippen LogP contribution in [0.1, 0.15) is 5.56 Å². The fourth-order valence-corrected chi connectivity index (χ4v) is 2.98. The first-order chi connectivity index (χ1) is 6.86. The molecule has 0 nitrogen and oxygen atoms in total. The van der Waals surface area contributed by atoms with Gasteiger partial charge in [-0.25, -0.2) is 0 Å². The molecule has 0 atom stereocenters. The summed E-state index contributed by atoms with van der Waals surface area (Å²) >= 11 is 1.86. The molecule has 0 bridgehead atoms. The van der Waals surface area contributed by atoms with E-state index in [9.17, 15) is 0 Å². The first kappa shape index (κ1) is 8.01. The molecular weight excluding hydrogens is 188 g/mol. The molecule has 0 fully saturated rings. The number of rotatable bonds is 0. The van der Waals surface area contributed by atoms with Crippen molar-refractivity contribution in [3.63, 3.8) is 0 Å². The maximum Gasteiger partial charge on any atom is 0.0384 e. The summed E-state index contributed by atoms with van der Waals surface area (Å²) in [5.41, 5.74) is 1.36.